The van der Waals surface area contributed by atoms with Crippen molar-refractivity contribution < 1.29 is 0 Å². The summed E-state index contributed by atoms with van der Waals surface area (Å²) in [5.74, 6) is 0.324. The molecule has 2 rings (SSSR count). The molecule has 0 unspecified atom stereocenters. The predicted octanol–water partition coefficient (Wildman–Crippen LogP) is 2.88. The van der Waals surface area contributed by atoms with Crippen molar-refractivity contribution in [1.82, 2.24) is 9.78 Å². The van der Waals surface area contributed by atoms with Gasteiger partial charge < -0.3 is 0 Å². The zero-order valence-electron chi connectivity index (χ0n) is 8.74. The van der Waals surface area contributed by atoms with E-state index < -0.39 is 0 Å². The van der Waals surface area contributed by atoms with Gasteiger partial charge in [0.15, 0.2) is 0 Å². The fraction of sp³-hybridized carbons (Fsp3) is 0.400. The molecule has 5 heteroatoms. The second kappa shape index (κ2) is 3.72. The quantitative estimate of drug-likeness (QED) is 0.808. The second-order valence-corrected chi connectivity index (χ2v) is 6.19. The van der Waals surface area contributed by atoms with Crippen LogP contribution in [-0.4, -0.2) is 9.78 Å². The molecular formula is C10H11BrN2OS. The number of rotatable bonds is 1. The minimum atomic E-state index is -0.0312. The lowest BCUT2D eigenvalue weighted by Gasteiger charge is -2.07. The first kappa shape index (κ1) is 10.8. The van der Waals surface area contributed by atoms with E-state index in [-0.39, 0.29) is 5.56 Å². The van der Waals surface area contributed by atoms with Crippen molar-refractivity contribution in [3.63, 3.8) is 0 Å². The summed E-state index contributed by atoms with van der Waals surface area (Å²) in [6, 6.07) is 1.87. The minimum Gasteiger partial charge on any atom is -0.267 e. The van der Waals surface area contributed by atoms with Gasteiger partial charge in [0.1, 0.15) is 0 Å². The molecule has 2 aromatic rings. The molecule has 0 aromatic carbocycles. The number of thiophene rings is 1. The summed E-state index contributed by atoms with van der Waals surface area (Å²) in [6.07, 6.45) is 0. The average molecular weight is 287 g/mol. The highest BCUT2D eigenvalue weighted by Gasteiger charge is 2.14. The topological polar surface area (TPSA) is 34.9 Å². The summed E-state index contributed by atoms with van der Waals surface area (Å²) in [4.78, 5) is 11.8. The van der Waals surface area contributed by atoms with Crippen LogP contribution in [0, 0.1) is 0 Å². The van der Waals surface area contributed by atoms with Gasteiger partial charge in [0, 0.05) is 7.05 Å². The maximum atomic E-state index is 11.8. The molecule has 0 fully saturated rings. The molecule has 0 saturated carbocycles. The maximum absolute atomic E-state index is 11.8. The summed E-state index contributed by atoms with van der Waals surface area (Å²) in [6.45, 7) is 4.17. The molecule has 0 radical (unpaired) electrons. The number of hydrogen-bond acceptors (Lipinski definition) is 3. The molecule has 0 saturated heterocycles. The highest BCUT2D eigenvalue weighted by atomic mass is 79.9. The number of fused-ring (bicyclic) bond motifs is 1. The number of hydrogen-bond donors (Lipinski definition) is 0. The Kier molecular flexibility index (Phi) is 2.68. The molecule has 15 heavy (non-hydrogen) atoms. The Hall–Kier alpha value is -0.680. The summed E-state index contributed by atoms with van der Waals surface area (Å²) in [5.41, 5.74) is 0.958. The fourth-order valence-electron chi connectivity index (χ4n) is 1.51. The Balaban J connectivity index is 2.94. The number of nitrogens with zero attached hydrogens (tertiary/aromatic N) is 2. The molecule has 0 aliphatic rings. The highest BCUT2D eigenvalue weighted by Crippen LogP contribution is 2.32. The molecule has 0 bridgehead atoms. The summed E-state index contributed by atoms with van der Waals surface area (Å²) >= 11 is 4.98. The van der Waals surface area contributed by atoms with Gasteiger partial charge in [-0.05, 0) is 27.9 Å². The van der Waals surface area contributed by atoms with Gasteiger partial charge in [-0.1, -0.05) is 13.8 Å². The lowest BCUT2D eigenvalue weighted by molar-refractivity contribution is 0.667. The molecule has 80 valence electrons. The highest BCUT2D eigenvalue weighted by molar-refractivity contribution is 9.11. The van der Waals surface area contributed by atoms with Crippen LogP contribution in [0.25, 0.3) is 10.1 Å². The van der Waals surface area contributed by atoms with Crippen LogP contribution in [-0.2, 0) is 7.05 Å². The minimum absolute atomic E-state index is 0.0312. The number of halogens is 1. The van der Waals surface area contributed by atoms with Gasteiger partial charge >= 0.3 is 0 Å². The Bertz CT molecular complexity index is 571. The SMILES string of the molecule is CC(C)c1nn(C)c(=O)c2cc(Br)sc12. The molecule has 2 aromatic heterocycles. The van der Waals surface area contributed by atoms with Crippen molar-refractivity contribution in [1.29, 1.82) is 0 Å². The zero-order valence-corrected chi connectivity index (χ0v) is 11.1. The van der Waals surface area contributed by atoms with E-state index in [0.717, 1.165) is 19.6 Å². The van der Waals surface area contributed by atoms with Crippen molar-refractivity contribution in [3.05, 3.63) is 25.9 Å². The first-order valence-corrected chi connectivity index (χ1v) is 6.28. The predicted molar refractivity (Wildman–Crippen MR) is 66.7 cm³/mol. The van der Waals surface area contributed by atoms with Crippen LogP contribution in [0.1, 0.15) is 25.5 Å². The Labute approximate surface area is 99.9 Å². The van der Waals surface area contributed by atoms with Crippen LogP contribution in [0.4, 0.5) is 0 Å². The van der Waals surface area contributed by atoms with E-state index >= 15 is 0 Å². The van der Waals surface area contributed by atoms with Gasteiger partial charge in [0.2, 0.25) is 0 Å². The van der Waals surface area contributed by atoms with Crippen LogP contribution < -0.4 is 5.56 Å². The van der Waals surface area contributed by atoms with E-state index in [1.165, 1.54) is 4.68 Å². The second-order valence-electron chi connectivity index (χ2n) is 3.76. The number of aryl methyl sites for hydroxylation is 1. The first-order chi connectivity index (χ1) is 7.00. The molecule has 0 amide bonds. The van der Waals surface area contributed by atoms with Crippen LogP contribution in [0.3, 0.4) is 0 Å². The smallest absolute Gasteiger partial charge is 0.267 e. The molecule has 0 aliphatic carbocycles. The lowest BCUT2D eigenvalue weighted by Crippen LogP contribution is -2.20. The third-order valence-corrected chi connectivity index (χ3v) is 3.92. The van der Waals surface area contributed by atoms with Gasteiger partial charge in [-0.15, -0.1) is 11.3 Å². The van der Waals surface area contributed by atoms with E-state index in [9.17, 15) is 4.79 Å². The van der Waals surface area contributed by atoms with Crippen molar-refractivity contribution in [2.24, 2.45) is 7.05 Å². The standard InChI is InChI=1S/C10H11BrN2OS/c1-5(2)8-9-6(4-7(11)15-9)10(14)13(3)12-8/h4-5H,1-3H3. The van der Waals surface area contributed by atoms with Crippen LogP contribution in [0.2, 0.25) is 0 Å². The van der Waals surface area contributed by atoms with Crippen molar-refractivity contribution in [2.75, 3.05) is 0 Å². The zero-order chi connectivity index (χ0) is 11.2. The van der Waals surface area contributed by atoms with Crippen LogP contribution >= 0.6 is 27.3 Å². The summed E-state index contributed by atoms with van der Waals surface area (Å²) in [7, 11) is 1.69. The normalized spacial score (nSPS) is 11.5. The van der Waals surface area contributed by atoms with Crippen LogP contribution in [0.5, 0.6) is 0 Å². The van der Waals surface area contributed by atoms with Gasteiger partial charge in [-0.25, -0.2) is 4.68 Å². The van der Waals surface area contributed by atoms with Crippen LogP contribution in [0.15, 0.2) is 14.6 Å². The molecule has 2 heterocycles. The fourth-order valence-corrected chi connectivity index (χ4v) is 3.24. The van der Waals surface area contributed by atoms with Gasteiger partial charge in [-0.3, -0.25) is 4.79 Å². The molecular weight excluding hydrogens is 276 g/mol. The van der Waals surface area contributed by atoms with Gasteiger partial charge in [0.25, 0.3) is 5.56 Å². The summed E-state index contributed by atoms with van der Waals surface area (Å²) in [5, 5.41) is 5.06. The Morgan fingerprint density at radius 1 is 1.53 bits per heavy atom. The summed E-state index contributed by atoms with van der Waals surface area (Å²) < 4.78 is 3.39. The van der Waals surface area contributed by atoms with Gasteiger partial charge in [-0.2, -0.15) is 5.10 Å². The van der Waals surface area contributed by atoms with Crippen molar-refractivity contribution >= 4 is 37.4 Å². The lowest BCUT2D eigenvalue weighted by atomic mass is 10.1. The van der Waals surface area contributed by atoms with Crippen molar-refractivity contribution in [3.8, 4) is 0 Å². The van der Waals surface area contributed by atoms with E-state index in [1.54, 1.807) is 18.4 Å². The van der Waals surface area contributed by atoms with E-state index in [1.807, 2.05) is 6.07 Å². The Morgan fingerprint density at radius 2 is 2.20 bits per heavy atom. The molecule has 3 nitrogen and oxygen atoms in total. The maximum Gasteiger partial charge on any atom is 0.275 e. The van der Waals surface area contributed by atoms with E-state index in [2.05, 4.69) is 34.9 Å². The molecule has 0 atom stereocenters. The Morgan fingerprint density at radius 3 is 2.80 bits per heavy atom. The van der Waals surface area contributed by atoms with Crippen molar-refractivity contribution in [2.45, 2.75) is 19.8 Å². The number of aromatic nitrogens is 2. The molecule has 0 N–H and O–H groups in total. The third-order valence-electron chi connectivity index (χ3n) is 2.26. The molecule has 0 spiro atoms. The molecule has 0 aliphatic heterocycles. The largest absolute Gasteiger partial charge is 0.275 e. The van der Waals surface area contributed by atoms with E-state index in [4.69, 9.17) is 0 Å². The first-order valence-electron chi connectivity index (χ1n) is 4.67. The van der Waals surface area contributed by atoms with Gasteiger partial charge in [0.05, 0.1) is 19.6 Å². The third kappa shape index (κ3) is 1.74. The van der Waals surface area contributed by atoms with E-state index in [0.29, 0.717) is 5.92 Å². The monoisotopic (exact) mass is 286 g/mol. The average Bonchev–Trinajstić information content (AvgIpc) is 2.53.